The maximum Gasteiger partial charge on any atom is 0.407 e. The van der Waals surface area contributed by atoms with Crippen molar-refractivity contribution in [1.29, 1.82) is 0 Å². The number of amides is 4. The molecule has 0 unspecified atom stereocenters. The van der Waals surface area contributed by atoms with E-state index in [-0.39, 0.29) is 38.1 Å². The largest absolute Gasteiger partial charge is 0.444 e. The van der Waals surface area contributed by atoms with Crippen LogP contribution in [0.5, 0.6) is 0 Å². The molecule has 0 bridgehead atoms. The van der Waals surface area contributed by atoms with Crippen molar-refractivity contribution in [3.63, 3.8) is 0 Å². The van der Waals surface area contributed by atoms with E-state index in [1.54, 1.807) is 18.8 Å². The van der Waals surface area contributed by atoms with Gasteiger partial charge in [0.2, 0.25) is 5.91 Å². The lowest BCUT2D eigenvalue weighted by atomic mass is 9.95. The molecule has 54 heavy (non-hydrogen) atoms. The second-order valence-corrected chi connectivity index (χ2v) is 16.6. The number of carbonyl (C=O) groups is 3. The first-order chi connectivity index (χ1) is 25.8. The number of benzene rings is 2. The van der Waals surface area contributed by atoms with Crippen LogP contribution >= 0.6 is 22.7 Å². The van der Waals surface area contributed by atoms with Crippen LogP contribution < -0.4 is 21.4 Å². The van der Waals surface area contributed by atoms with E-state index in [1.807, 2.05) is 79.9 Å². The predicted molar refractivity (Wildman–Crippen MR) is 209 cm³/mol. The number of carbonyl (C=O) groups excluding carboxylic acids is 3. The van der Waals surface area contributed by atoms with Crippen molar-refractivity contribution in [1.82, 2.24) is 36.3 Å². The Morgan fingerprint density at radius 1 is 0.870 bits per heavy atom. The zero-order chi connectivity index (χ0) is 38.9. The zero-order valence-electron chi connectivity index (χ0n) is 30.9. The van der Waals surface area contributed by atoms with Crippen LogP contribution in [-0.2, 0) is 49.9 Å². The molecular formula is C37H49N7O7S3. The van der Waals surface area contributed by atoms with Gasteiger partial charge in [0, 0.05) is 43.2 Å². The van der Waals surface area contributed by atoms with Gasteiger partial charge < -0.3 is 25.6 Å². The maximum atomic E-state index is 14.0. The number of hydrogen-bond acceptors (Lipinski definition) is 12. The van der Waals surface area contributed by atoms with Gasteiger partial charge in [0.15, 0.2) is 0 Å². The molecule has 292 valence electrons. The first kappa shape index (κ1) is 42.3. The summed E-state index contributed by atoms with van der Waals surface area (Å²) in [6.07, 6.45) is 4.03. The maximum absolute atomic E-state index is 14.0. The van der Waals surface area contributed by atoms with Crippen LogP contribution in [0.1, 0.15) is 65.7 Å². The van der Waals surface area contributed by atoms with Gasteiger partial charge in [-0.1, -0.05) is 74.5 Å². The summed E-state index contributed by atoms with van der Waals surface area (Å²) < 4.78 is 33.2. The molecule has 0 aliphatic carbocycles. The van der Waals surface area contributed by atoms with Gasteiger partial charge in [0.25, 0.3) is 10.1 Å². The molecule has 0 saturated heterocycles. The number of nitrogens with one attached hydrogen (secondary N) is 4. The first-order valence-electron chi connectivity index (χ1n) is 17.6. The van der Waals surface area contributed by atoms with Crippen molar-refractivity contribution in [3.05, 3.63) is 104 Å². The normalized spacial score (nSPS) is 13.1. The molecule has 17 heteroatoms. The number of hydrogen-bond donors (Lipinski definition) is 4. The highest BCUT2D eigenvalue weighted by Gasteiger charge is 2.26. The van der Waals surface area contributed by atoms with Crippen molar-refractivity contribution in [2.45, 2.75) is 83.1 Å². The van der Waals surface area contributed by atoms with Crippen LogP contribution in [0.2, 0.25) is 0 Å². The highest BCUT2D eigenvalue weighted by atomic mass is 32.2. The van der Waals surface area contributed by atoms with Gasteiger partial charge >= 0.3 is 12.1 Å². The van der Waals surface area contributed by atoms with E-state index in [0.717, 1.165) is 33.0 Å². The van der Waals surface area contributed by atoms with Crippen molar-refractivity contribution in [2.75, 3.05) is 19.8 Å². The van der Waals surface area contributed by atoms with Crippen molar-refractivity contribution >= 4 is 50.8 Å². The number of hydroxylamine groups is 1. The number of alkyl carbamates (subject to hydrolysis) is 1. The predicted octanol–water partition coefficient (Wildman–Crippen LogP) is 5.15. The molecule has 0 spiro atoms. The van der Waals surface area contributed by atoms with Gasteiger partial charge in [0.1, 0.15) is 12.6 Å². The summed E-state index contributed by atoms with van der Waals surface area (Å²) >= 11 is 2.93. The van der Waals surface area contributed by atoms with Crippen LogP contribution in [0.3, 0.4) is 0 Å². The second kappa shape index (κ2) is 21.5. The number of ether oxygens (including phenoxy) is 1. The fraction of sp³-hybridized carbons (Fsp3) is 0.432. The Hall–Kier alpha value is -4.42. The molecule has 0 aliphatic heterocycles. The highest BCUT2D eigenvalue weighted by molar-refractivity contribution is 7.85. The lowest BCUT2D eigenvalue weighted by molar-refractivity contribution is -0.124. The van der Waals surface area contributed by atoms with Gasteiger partial charge in [-0.3, -0.25) is 9.78 Å². The Morgan fingerprint density at radius 3 is 2.06 bits per heavy atom. The summed E-state index contributed by atoms with van der Waals surface area (Å²) in [5.41, 5.74) is 6.80. The van der Waals surface area contributed by atoms with Gasteiger partial charge in [0.05, 0.1) is 33.9 Å². The summed E-state index contributed by atoms with van der Waals surface area (Å²) in [7, 11) is -2.17. The van der Waals surface area contributed by atoms with E-state index < -0.39 is 40.2 Å². The Kier molecular flexibility index (Phi) is 16.8. The van der Waals surface area contributed by atoms with Crippen molar-refractivity contribution < 1.29 is 31.8 Å². The van der Waals surface area contributed by atoms with Gasteiger partial charge in [-0.05, 0) is 43.2 Å². The molecule has 0 radical (unpaired) electrons. The summed E-state index contributed by atoms with van der Waals surface area (Å²) in [5.74, 6) is -0.194. The van der Waals surface area contributed by atoms with Gasteiger partial charge in [-0.25, -0.2) is 14.6 Å². The molecule has 2 aromatic carbocycles. The Morgan fingerprint density at radius 2 is 1.50 bits per heavy atom. The lowest BCUT2D eigenvalue weighted by Gasteiger charge is -2.27. The van der Waals surface area contributed by atoms with E-state index in [0.29, 0.717) is 25.7 Å². The number of nitrogens with zero attached hydrogens (tertiary/aromatic N) is 3. The summed E-state index contributed by atoms with van der Waals surface area (Å²) in [6.45, 7) is 4.39. The molecule has 4 rings (SSSR count). The molecule has 0 fully saturated rings. The highest BCUT2D eigenvalue weighted by Crippen LogP contribution is 2.20. The molecule has 4 amide bonds. The summed E-state index contributed by atoms with van der Waals surface area (Å²) in [4.78, 5) is 51.2. The topological polar surface area (TPSA) is 181 Å². The van der Waals surface area contributed by atoms with E-state index in [2.05, 4.69) is 35.7 Å². The Balaban J connectivity index is 1.47. The van der Waals surface area contributed by atoms with Crippen molar-refractivity contribution in [3.8, 4) is 0 Å². The van der Waals surface area contributed by atoms with Crippen molar-refractivity contribution in [2.24, 2.45) is 0 Å². The average Bonchev–Trinajstić information content (AvgIpc) is 3.84. The molecule has 0 aliphatic rings. The Bertz CT molecular complexity index is 1840. The molecule has 3 atom stereocenters. The number of thiazole rings is 2. The van der Waals surface area contributed by atoms with Gasteiger partial charge in [-0.2, -0.15) is 18.2 Å². The molecule has 4 N–H and O–H groups in total. The minimum absolute atomic E-state index is 0.0248. The van der Waals surface area contributed by atoms with E-state index in [9.17, 15) is 22.8 Å². The van der Waals surface area contributed by atoms with Crippen LogP contribution in [0, 0.1) is 0 Å². The van der Waals surface area contributed by atoms with E-state index in [1.165, 1.54) is 27.6 Å². The third kappa shape index (κ3) is 15.5. The number of urea groups is 1. The molecule has 4 aromatic rings. The van der Waals surface area contributed by atoms with Gasteiger partial charge in [-0.15, -0.1) is 22.7 Å². The second-order valence-electron chi connectivity index (χ2n) is 13.2. The minimum atomic E-state index is -3.79. The number of rotatable bonds is 21. The third-order valence-corrected chi connectivity index (χ3v) is 10.5. The van der Waals surface area contributed by atoms with Crippen LogP contribution in [0.15, 0.2) is 77.8 Å². The zero-order valence-corrected chi connectivity index (χ0v) is 33.3. The first-order valence-corrected chi connectivity index (χ1v) is 21.2. The quantitative estimate of drug-likeness (QED) is 0.0651. The standard InChI is InChI=1S/C37H49N7O7S3/c1-26(2)35-41-31(24-52-35)22-44(3)36(46)43-33(17-18-39-51-54(4,48)49)34(45)40-29(19-27-11-7-5-8-12-27)15-16-30(20-28-13-9-6-10-14-28)42-37(47)50-23-32-21-38-25-53-32/h5-14,21,24-26,29-30,33,39H,15-20,22-23H2,1-4H3,(H,40,45)(H,42,47)(H,43,46)/t29-,30-,33+/m1/s1. The van der Waals surface area contributed by atoms with Crippen LogP contribution in [0.4, 0.5) is 9.59 Å². The lowest BCUT2D eigenvalue weighted by Crippen LogP contribution is -2.53. The fourth-order valence-electron chi connectivity index (χ4n) is 5.47. The molecular weight excluding hydrogens is 751 g/mol. The fourth-order valence-corrected chi connectivity index (χ4v) is 7.09. The van der Waals surface area contributed by atoms with Crippen LogP contribution in [0.25, 0.3) is 0 Å². The minimum Gasteiger partial charge on any atom is -0.444 e. The summed E-state index contributed by atoms with van der Waals surface area (Å²) in [6, 6.07) is 17.2. The smallest absolute Gasteiger partial charge is 0.407 e. The molecule has 2 aromatic heterocycles. The number of aromatic nitrogens is 2. The third-order valence-electron chi connectivity index (χ3n) is 8.18. The van der Waals surface area contributed by atoms with Crippen LogP contribution in [-0.4, -0.2) is 79.3 Å². The molecule has 0 saturated carbocycles. The van der Waals surface area contributed by atoms with E-state index in [4.69, 9.17) is 4.74 Å². The SMILES string of the molecule is CC(C)c1nc(CN(C)C(=O)N[C@@H](CCNOS(C)(=O)=O)C(=O)N[C@H](CC[C@H](Cc2ccccc2)NC(=O)OCc2cncs2)Cc2ccccc2)cs1. The Labute approximate surface area is 325 Å². The molecule has 14 nitrogen and oxygen atoms in total. The average molecular weight is 800 g/mol. The molecule has 2 heterocycles. The summed E-state index contributed by atoms with van der Waals surface area (Å²) in [5, 5.41) is 11.8. The van der Waals surface area contributed by atoms with E-state index >= 15 is 0 Å². The monoisotopic (exact) mass is 799 g/mol.